The van der Waals surface area contributed by atoms with Crippen LogP contribution in [0.4, 0.5) is 10.1 Å². The predicted octanol–water partition coefficient (Wildman–Crippen LogP) is 3.81. The summed E-state index contributed by atoms with van der Waals surface area (Å²) in [5.41, 5.74) is 0.690. The molecule has 0 bridgehead atoms. The van der Waals surface area contributed by atoms with E-state index in [-0.39, 0.29) is 23.2 Å². The van der Waals surface area contributed by atoms with E-state index < -0.39 is 10.7 Å². The van der Waals surface area contributed by atoms with Crippen molar-refractivity contribution < 1.29 is 14.1 Å². The second-order valence-electron chi connectivity index (χ2n) is 4.56. The zero-order valence-electron chi connectivity index (χ0n) is 11.7. The minimum absolute atomic E-state index is 0.0198. The zero-order valence-corrected chi connectivity index (χ0v) is 11.7. The number of ether oxygens (including phenoxy) is 1. The molecule has 0 aliphatic heterocycles. The van der Waals surface area contributed by atoms with Gasteiger partial charge in [-0.25, -0.2) is 4.39 Å². The zero-order chi connectivity index (χ0) is 15.4. The van der Waals surface area contributed by atoms with E-state index in [2.05, 4.69) is 5.32 Å². The van der Waals surface area contributed by atoms with E-state index in [0.717, 1.165) is 5.56 Å². The molecule has 0 aliphatic rings. The first kappa shape index (κ1) is 14.9. The molecule has 5 nitrogen and oxygen atoms in total. The topological polar surface area (TPSA) is 64.4 Å². The van der Waals surface area contributed by atoms with E-state index in [1.807, 2.05) is 6.92 Å². The van der Waals surface area contributed by atoms with Crippen molar-refractivity contribution in [3.05, 3.63) is 64.0 Å². The number of nitro groups is 1. The van der Waals surface area contributed by atoms with Crippen molar-refractivity contribution in [2.24, 2.45) is 0 Å². The molecule has 0 saturated carbocycles. The number of hydrogen-bond donors (Lipinski definition) is 1. The lowest BCUT2D eigenvalue weighted by atomic mass is 10.1. The average Bonchev–Trinajstić information content (AvgIpc) is 2.48. The number of nitrogens with one attached hydrogen (secondary N) is 1. The fraction of sp³-hybridized carbons (Fsp3) is 0.200. The van der Waals surface area contributed by atoms with Gasteiger partial charge in [0, 0.05) is 12.1 Å². The quantitative estimate of drug-likeness (QED) is 0.672. The third-order valence-electron chi connectivity index (χ3n) is 3.15. The second-order valence-corrected chi connectivity index (χ2v) is 4.56. The molecule has 0 spiro atoms. The van der Waals surface area contributed by atoms with Crippen LogP contribution in [-0.2, 0) is 0 Å². The van der Waals surface area contributed by atoms with Crippen LogP contribution >= 0.6 is 0 Å². The van der Waals surface area contributed by atoms with Crippen molar-refractivity contribution in [2.75, 3.05) is 7.05 Å². The van der Waals surface area contributed by atoms with Crippen LogP contribution in [0.5, 0.6) is 11.5 Å². The Balaban J connectivity index is 2.24. The fourth-order valence-corrected chi connectivity index (χ4v) is 1.82. The summed E-state index contributed by atoms with van der Waals surface area (Å²) in [4.78, 5) is 10.2. The van der Waals surface area contributed by atoms with E-state index in [1.54, 1.807) is 13.1 Å². The predicted molar refractivity (Wildman–Crippen MR) is 77.0 cm³/mol. The Hall–Kier alpha value is -2.47. The van der Waals surface area contributed by atoms with Crippen LogP contribution < -0.4 is 10.1 Å². The van der Waals surface area contributed by atoms with E-state index in [4.69, 9.17) is 4.74 Å². The lowest BCUT2D eigenvalue weighted by Crippen LogP contribution is -2.12. The summed E-state index contributed by atoms with van der Waals surface area (Å²) in [6.07, 6.45) is 0. The Morgan fingerprint density at radius 1 is 1.29 bits per heavy atom. The van der Waals surface area contributed by atoms with Gasteiger partial charge in [0.05, 0.1) is 11.0 Å². The number of benzene rings is 2. The van der Waals surface area contributed by atoms with Crippen LogP contribution in [0.2, 0.25) is 0 Å². The summed E-state index contributed by atoms with van der Waals surface area (Å²) >= 11 is 0. The number of halogens is 1. The average molecular weight is 290 g/mol. The van der Waals surface area contributed by atoms with Crippen molar-refractivity contribution in [2.45, 2.75) is 13.0 Å². The van der Waals surface area contributed by atoms with Crippen molar-refractivity contribution >= 4 is 5.69 Å². The smallest absolute Gasteiger partial charge is 0.273 e. The summed E-state index contributed by atoms with van der Waals surface area (Å²) in [6, 6.07) is 10.3. The van der Waals surface area contributed by atoms with Crippen LogP contribution in [0.3, 0.4) is 0 Å². The van der Waals surface area contributed by atoms with Crippen LogP contribution in [0, 0.1) is 15.9 Å². The Kier molecular flexibility index (Phi) is 4.49. The maximum Gasteiger partial charge on any atom is 0.273 e. The summed E-state index contributed by atoms with van der Waals surface area (Å²) < 4.78 is 19.4. The molecule has 6 heteroatoms. The molecule has 1 N–H and O–H groups in total. The highest BCUT2D eigenvalue weighted by molar-refractivity contribution is 5.41. The number of nitro benzene ring substituents is 1. The molecule has 0 amide bonds. The van der Waals surface area contributed by atoms with Gasteiger partial charge in [0.2, 0.25) is 0 Å². The lowest BCUT2D eigenvalue weighted by Gasteiger charge is -2.12. The highest BCUT2D eigenvalue weighted by Gasteiger charge is 2.11. The molecule has 1 unspecified atom stereocenters. The molecule has 2 aromatic rings. The van der Waals surface area contributed by atoms with Crippen molar-refractivity contribution in [3.8, 4) is 11.5 Å². The minimum atomic E-state index is -0.527. The first-order valence-electron chi connectivity index (χ1n) is 6.40. The molecule has 0 heterocycles. The maximum atomic E-state index is 14.0. The van der Waals surface area contributed by atoms with Gasteiger partial charge in [-0.15, -0.1) is 0 Å². The van der Waals surface area contributed by atoms with Gasteiger partial charge < -0.3 is 10.1 Å². The number of non-ortho nitro benzene ring substituents is 1. The molecule has 2 aromatic carbocycles. The van der Waals surface area contributed by atoms with Gasteiger partial charge in [0.25, 0.3) is 5.69 Å². The van der Waals surface area contributed by atoms with Gasteiger partial charge in [-0.1, -0.05) is 12.1 Å². The summed E-state index contributed by atoms with van der Waals surface area (Å²) in [5, 5.41) is 13.7. The lowest BCUT2D eigenvalue weighted by molar-refractivity contribution is -0.384. The molecule has 1 atom stereocenters. The van der Waals surface area contributed by atoms with Crippen molar-refractivity contribution in [1.29, 1.82) is 0 Å². The highest BCUT2D eigenvalue weighted by atomic mass is 19.1. The second kappa shape index (κ2) is 6.32. The molecule has 0 fully saturated rings. The third kappa shape index (κ3) is 3.55. The third-order valence-corrected chi connectivity index (χ3v) is 3.15. The first-order chi connectivity index (χ1) is 10.0. The fourth-order valence-electron chi connectivity index (χ4n) is 1.82. The van der Waals surface area contributed by atoms with E-state index in [0.29, 0.717) is 0 Å². The molecule has 0 aliphatic carbocycles. The molecule has 0 saturated heterocycles. The van der Waals surface area contributed by atoms with E-state index >= 15 is 0 Å². The molecule has 110 valence electrons. The van der Waals surface area contributed by atoms with Gasteiger partial charge >= 0.3 is 0 Å². The Labute approximate surface area is 121 Å². The monoisotopic (exact) mass is 290 g/mol. The largest absolute Gasteiger partial charge is 0.454 e. The van der Waals surface area contributed by atoms with Crippen molar-refractivity contribution in [1.82, 2.24) is 5.32 Å². The maximum absolute atomic E-state index is 14.0. The van der Waals surface area contributed by atoms with E-state index in [9.17, 15) is 14.5 Å². The standard InChI is InChI=1S/C15H15FN2O3/c1-10(17-2)11-6-7-15(14(16)8-11)21-13-5-3-4-12(9-13)18(19)20/h3-10,17H,1-2H3. The minimum Gasteiger partial charge on any atom is -0.454 e. The number of hydrogen-bond acceptors (Lipinski definition) is 4. The van der Waals surface area contributed by atoms with Crippen LogP contribution in [-0.4, -0.2) is 12.0 Å². The molecular weight excluding hydrogens is 275 g/mol. The number of rotatable bonds is 5. The van der Waals surface area contributed by atoms with Crippen LogP contribution in [0.15, 0.2) is 42.5 Å². The Morgan fingerprint density at radius 2 is 2.05 bits per heavy atom. The van der Waals surface area contributed by atoms with Gasteiger partial charge in [-0.2, -0.15) is 0 Å². The Morgan fingerprint density at radius 3 is 2.67 bits per heavy atom. The SMILES string of the molecule is CNC(C)c1ccc(Oc2cccc([N+](=O)[O-])c2)c(F)c1. The van der Waals surface area contributed by atoms with Crippen LogP contribution in [0.1, 0.15) is 18.5 Å². The van der Waals surface area contributed by atoms with Crippen molar-refractivity contribution in [3.63, 3.8) is 0 Å². The highest BCUT2D eigenvalue weighted by Crippen LogP contribution is 2.28. The molecular formula is C15H15FN2O3. The van der Waals surface area contributed by atoms with E-state index in [1.165, 1.54) is 36.4 Å². The molecule has 0 radical (unpaired) electrons. The summed E-state index contributed by atoms with van der Waals surface area (Å²) in [6.45, 7) is 1.91. The summed E-state index contributed by atoms with van der Waals surface area (Å²) in [7, 11) is 1.79. The number of nitrogens with zero attached hydrogens (tertiary/aromatic N) is 1. The Bertz CT molecular complexity index is 661. The van der Waals surface area contributed by atoms with Crippen LogP contribution in [0.25, 0.3) is 0 Å². The molecule has 2 rings (SSSR count). The molecule has 21 heavy (non-hydrogen) atoms. The molecule has 0 aromatic heterocycles. The first-order valence-corrected chi connectivity index (χ1v) is 6.40. The summed E-state index contributed by atoms with van der Waals surface area (Å²) in [5.74, 6) is -0.263. The van der Waals surface area contributed by atoms with Gasteiger partial charge in [-0.05, 0) is 37.7 Å². The van der Waals surface area contributed by atoms with Gasteiger partial charge in [-0.3, -0.25) is 10.1 Å². The van der Waals surface area contributed by atoms with Gasteiger partial charge in [0.15, 0.2) is 11.6 Å². The normalized spacial score (nSPS) is 12.0. The van der Waals surface area contributed by atoms with Gasteiger partial charge in [0.1, 0.15) is 5.75 Å².